The van der Waals surface area contributed by atoms with E-state index < -0.39 is 5.82 Å². The molecule has 2 aromatic rings. The fourth-order valence-corrected chi connectivity index (χ4v) is 1.66. The molecular weight excluding hydrogens is 247 g/mol. The standard InChI is InChI=1S/C14H15FN2O2/c1-9(2)17-8-11(7-16-17)19-14-12(10(3)18)5-4-6-13(14)15/h4-9H,1-3H3. The Morgan fingerprint density at radius 1 is 1.42 bits per heavy atom. The van der Waals surface area contributed by atoms with Gasteiger partial charge in [0, 0.05) is 6.04 Å². The Labute approximate surface area is 110 Å². The Morgan fingerprint density at radius 3 is 2.74 bits per heavy atom. The zero-order chi connectivity index (χ0) is 14.0. The van der Waals surface area contributed by atoms with Crippen molar-refractivity contribution in [2.24, 2.45) is 0 Å². The summed E-state index contributed by atoms with van der Waals surface area (Å²) in [5.41, 5.74) is 0.220. The average Bonchev–Trinajstić information content (AvgIpc) is 2.80. The average molecular weight is 262 g/mol. The van der Waals surface area contributed by atoms with Crippen LogP contribution in [0.5, 0.6) is 11.5 Å². The summed E-state index contributed by atoms with van der Waals surface area (Å²) in [6.45, 7) is 5.32. The maximum Gasteiger partial charge on any atom is 0.173 e. The number of nitrogens with zero attached hydrogens (tertiary/aromatic N) is 2. The molecule has 1 aromatic carbocycles. The summed E-state index contributed by atoms with van der Waals surface area (Å²) in [5.74, 6) is -0.463. The molecule has 0 atom stereocenters. The molecule has 0 saturated heterocycles. The van der Waals surface area contributed by atoms with Crippen LogP contribution in [0.25, 0.3) is 0 Å². The SMILES string of the molecule is CC(=O)c1cccc(F)c1Oc1cnn(C(C)C)c1. The molecule has 19 heavy (non-hydrogen) atoms. The van der Waals surface area contributed by atoms with Crippen LogP contribution in [0.4, 0.5) is 4.39 Å². The molecule has 0 bridgehead atoms. The van der Waals surface area contributed by atoms with E-state index in [0.717, 1.165) is 0 Å². The molecule has 0 spiro atoms. The van der Waals surface area contributed by atoms with Crippen LogP contribution in [0.1, 0.15) is 37.2 Å². The summed E-state index contributed by atoms with van der Waals surface area (Å²) < 4.78 is 20.9. The Kier molecular flexibility index (Phi) is 3.64. The molecule has 5 heteroatoms. The number of ketones is 1. The predicted octanol–water partition coefficient (Wildman–Crippen LogP) is 3.60. The first-order valence-corrected chi connectivity index (χ1v) is 6.00. The quantitative estimate of drug-likeness (QED) is 0.791. The zero-order valence-corrected chi connectivity index (χ0v) is 11.1. The minimum atomic E-state index is -0.565. The molecule has 0 fully saturated rings. The number of para-hydroxylation sites is 1. The number of rotatable bonds is 4. The summed E-state index contributed by atoms with van der Waals surface area (Å²) in [7, 11) is 0. The summed E-state index contributed by atoms with van der Waals surface area (Å²) in [5, 5.41) is 4.10. The van der Waals surface area contributed by atoms with E-state index >= 15 is 0 Å². The minimum absolute atomic E-state index is 0.0571. The highest BCUT2D eigenvalue weighted by atomic mass is 19.1. The number of carbonyl (C=O) groups is 1. The van der Waals surface area contributed by atoms with Crippen molar-refractivity contribution in [1.29, 1.82) is 0 Å². The van der Waals surface area contributed by atoms with Gasteiger partial charge in [0.25, 0.3) is 0 Å². The van der Waals surface area contributed by atoms with E-state index in [2.05, 4.69) is 5.10 Å². The van der Waals surface area contributed by atoms with Gasteiger partial charge in [0.1, 0.15) is 0 Å². The molecule has 0 radical (unpaired) electrons. The van der Waals surface area contributed by atoms with Crippen LogP contribution >= 0.6 is 0 Å². The summed E-state index contributed by atoms with van der Waals surface area (Å²) in [6, 6.07) is 4.46. The molecular formula is C14H15FN2O2. The molecule has 0 unspecified atom stereocenters. The highest BCUT2D eigenvalue weighted by Crippen LogP contribution is 2.28. The van der Waals surface area contributed by atoms with Crippen molar-refractivity contribution in [1.82, 2.24) is 9.78 Å². The van der Waals surface area contributed by atoms with Gasteiger partial charge in [-0.3, -0.25) is 9.48 Å². The topological polar surface area (TPSA) is 44.1 Å². The molecule has 1 heterocycles. The van der Waals surface area contributed by atoms with Gasteiger partial charge in [-0.25, -0.2) is 4.39 Å². The Hall–Kier alpha value is -2.17. The Balaban J connectivity index is 2.34. The van der Waals surface area contributed by atoms with Crippen molar-refractivity contribution >= 4 is 5.78 Å². The van der Waals surface area contributed by atoms with Gasteiger partial charge in [-0.15, -0.1) is 0 Å². The molecule has 100 valence electrons. The van der Waals surface area contributed by atoms with Gasteiger partial charge >= 0.3 is 0 Å². The molecule has 0 aliphatic carbocycles. The molecule has 0 N–H and O–H groups in total. The van der Waals surface area contributed by atoms with Crippen molar-refractivity contribution in [2.75, 3.05) is 0 Å². The lowest BCUT2D eigenvalue weighted by molar-refractivity contribution is 0.101. The first-order valence-electron chi connectivity index (χ1n) is 6.00. The lowest BCUT2D eigenvalue weighted by Crippen LogP contribution is -2.00. The lowest BCUT2D eigenvalue weighted by atomic mass is 10.1. The van der Waals surface area contributed by atoms with Crippen LogP contribution in [-0.4, -0.2) is 15.6 Å². The third-order valence-electron chi connectivity index (χ3n) is 2.67. The Bertz CT molecular complexity index is 605. The number of aromatic nitrogens is 2. The summed E-state index contributed by atoms with van der Waals surface area (Å²) in [6.07, 6.45) is 3.16. The van der Waals surface area contributed by atoms with E-state index in [-0.39, 0.29) is 23.1 Å². The van der Waals surface area contributed by atoms with E-state index in [1.807, 2.05) is 13.8 Å². The van der Waals surface area contributed by atoms with Crippen molar-refractivity contribution in [3.63, 3.8) is 0 Å². The number of hydrogen-bond donors (Lipinski definition) is 0. The third kappa shape index (κ3) is 2.81. The van der Waals surface area contributed by atoms with Gasteiger partial charge < -0.3 is 4.74 Å². The maximum atomic E-state index is 13.8. The Morgan fingerprint density at radius 2 is 2.16 bits per heavy atom. The lowest BCUT2D eigenvalue weighted by Gasteiger charge is -2.08. The van der Waals surface area contributed by atoms with Gasteiger partial charge in [0.15, 0.2) is 23.1 Å². The van der Waals surface area contributed by atoms with Crippen LogP contribution in [0.3, 0.4) is 0 Å². The number of benzene rings is 1. The third-order valence-corrected chi connectivity index (χ3v) is 2.67. The van der Waals surface area contributed by atoms with Crippen molar-refractivity contribution in [2.45, 2.75) is 26.8 Å². The van der Waals surface area contributed by atoms with E-state index in [0.29, 0.717) is 5.75 Å². The van der Waals surface area contributed by atoms with Gasteiger partial charge in [-0.2, -0.15) is 5.10 Å². The van der Waals surface area contributed by atoms with Crippen molar-refractivity contribution in [3.8, 4) is 11.5 Å². The van der Waals surface area contributed by atoms with Crippen molar-refractivity contribution in [3.05, 3.63) is 42.0 Å². The van der Waals surface area contributed by atoms with Crippen LogP contribution in [0.2, 0.25) is 0 Å². The molecule has 0 aliphatic heterocycles. The zero-order valence-electron chi connectivity index (χ0n) is 11.1. The smallest absolute Gasteiger partial charge is 0.173 e. The fraction of sp³-hybridized carbons (Fsp3) is 0.286. The monoisotopic (exact) mass is 262 g/mol. The highest BCUT2D eigenvalue weighted by molar-refractivity contribution is 5.96. The summed E-state index contributed by atoms with van der Waals surface area (Å²) >= 11 is 0. The van der Waals surface area contributed by atoms with Crippen LogP contribution < -0.4 is 4.74 Å². The van der Waals surface area contributed by atoms with Gasteiger partial charge in [0.2, 0.25) is 0 Å². The van der Waals surface area contributed by atoms with Crippen molar-refractivity contribution < 1.29 is 13.9 Å². The van der Waals surface area contributed by atoms with Crippen LogP contribution in [0.15, 0.2) is 30.6 Å². The van der Waals surface area contributed by atoms with Gasteiger partial charge in [0.05, 0.1) is 18.0 Å². The fourth-order valence-electron chi connectivity index (χ4n) is 1.66. The van der Waals surface area contributed by atoms with E-state index in [1.165, 1.54) is 31.3 Å². The molecule has 0 aliphatic rings. The number of Topliss-reactive ketones (excluding diaryl/α,β-unsaturated/α-hetero) is 1. The molecule has 4 nitrogen and oxygen atoms in total. The molecule has 0 amide bonds. The van der Waals surface area contributed by atoms with Gasteiger partial charge in [-0.05, 0) is 32.9 Å². The van der Waals surface area contributed by atoms with E-state index in [9.17, 15) is 9.18 Å². The summed E-state index contributed by atoms with van der Waals surface area (Å²) in [4.78, 5) is 11.5. The normalized spacial score (nSPS) is 10.8. The second-order valence-corrected chi connectivity index (χ2v) is 4.52. The molecule has 2 rings (SSSR count). The number of ether oxygens (including phenoxy) is 1. The predicted molar refractivity (Wildman–Crippen MR) is 69.1 cm³/mol. The highest BCUT2D eigenvalue weighted by Gasteiger charge is 2.15. The van der Waals surface area contributed by atoms with Crippen LogP contribution in [0, 0.1) is 5.82 Å². The van der Waals surface area contributed by atoms with E-state index in [1.54, 1.807) is 10.9 Å². The number of halogens is 1. The number of carbonyl (C=O) groups excluding carboxylic acids is 1. The molecule has 1 aromatic heterocycles. The van der Waals surface area contributed by atoms with Gasteiger partial charge in [-0.1, -0.05) is 6.07 Å². The first-order chi connectivity index (χ1) is 8.99. The maximum absolute atomic E-state index is 13.8. The number of hydrogen-bond acceptors (Lipinski definition) is 3. The van der Waals surface area contributed by atoms with E-state index in [4.69, 9.17) is 4.74 Å². The second-order valence-electron chi connectivity index (χ2n) is 4.52. The minimum Gasteiger partial charge on any atom is -0.450 e. The van der Waals surface area contributed by atoms with Crippen LogP contribution in [-0.2, 0) is 0 Å². The first kappa shape index (κ1) is 13.3. The molecule has 0 saturated carbocycles. The second kappa shape index (κ2) is 5.22. The largest absolute Gasteiger partial charge is 0.450 e.